The van der Waals surface area contributed by atoms with Crippen molar-refractivity contribution in [3.05, 3.63) is 35.4 Å². The summed E-state index contributed by atoms with van der Waals surface area (Å²) in [6.07, 6.45) is 0.364. The summed E-state index contributed by atoms with van der Waals surface area (Å²) in [5.41, 5.74) is 2.74. The maximum absolute atomic E-state index is 5.48. The van der Waals surface area contributed by atoms with E-state index in [1.54, 1.807) is 14.2 Å². The van der Waals surface area contributed by atoms with Gasteiger partial charge in [-0.05, 0) is 18.2 Å². The molecule has 4 nitrogen and oxygen atoms in total. The van der Waals surface area contributed by atoms with Crippen LogP contribution in [0.3, 0.4) is 0 Å². The monoisotopic (exact) mass is 264 g/mol. The predicted octanol–water partition coefficient (Wildman–Crippen LogP) is 1.25. The largest absolute Gasteiger partial charge is 0.377 e. The van der Waals surface area contributed by atoms with Crippen molar-refractivity contribution in [2.75, 3.05) is 34.4 Å². The molecule has 0 saturated carbocycles. The van der Waals surface area contributed by atoms with E-state index in [1.165, 1.54) is 11.1 Å². The molecule has 1 aliphatic rings. The minimum Gasteiger partial charge on any atom is -0.377 e. The van der Waals surface area contributed by atoms with Gasteiger partial charge in [0.15, 0.2) is 0 Å². The van der Waals surface area contributed by atoms with Crippen molar-refractivity contribution in [1.82, 2.24) is 10.2 Å². The molecule has 4 heteroatoms. The third-order valence-electron chi connectivity index (χ3n) is 3.78. The van der Waals surface area contributed by atoms with Crippen LogP contribution in [0.4, 0.5) is 0 Å². The van der Waals surface area contributed by atoms with Crippen LogP contribution >= 0.6 is 0 Å². The molecule has 0 aromatic heterocycles. The van der Waals surface area contributed by atoms with Crippen LogP contribution in [0.5, 0.6) is 0 Å². The van der Waals surface area contributed by atoms with Crippen molar-refractivity contribution in [2.45, 2.75) is 25.3 Å². The normalized spacial score (nSPS) is 23.9. The van der Waals surface area contributed by atoms with Crippen LogP contribution < -0.4 is 5.32 Å². The Balaban J connectivity index is 2.02. The highest BCUT2D eigenvalue weighted by atomic mass is 16.5. The molecule has 0 aliphatic carbocycles. The van der Waals surface area contributed by atoms with Gasteiger partial charge in [0.05, 0.1) is 12.2 Å². The van der Waals surface area contributed by atoms with E-state index in [2.05, 4.69) is 34.5 Å². The van der Waals surface area contributed by atoms with Crippen LogP contribution in [-0.4, -0.2) is 51.5 Å². The summed E-state index contributed by atoms with van der Waals surface area (Å²) in [6, 6.07) is 8.58. The van der Waals surface area contributed by atoms with Gasteiger partial charge in [-0.3, -0.25) is 4.90 Å². The molecule has 0 radical (unpaired) electrons. The van der Waals surface area contributed by atoms with Gasteiger partial charge in [-0.15, -0.1) is 0 Å². The lowest BCUT2D eigenvalue weighted by Crippen LogP contribution is -2.27. The molecule has 2 atom stereocenters. The first-order chi connectivity index (χ1) is 9.28. The first-order valence-electron chi connectivity index (χ1n) is 6.77. The number of nitrogens with zero attached hydrogens (tertiary/aromatic N) is 1. The van der Waals surface area contributed by atoms with E-state index >= 15 is 0 Å². The van der Waals surface area contributed by atoms with E-state index in [0.717, 1.165) is 26.2 Å². The number of hydrogen-bond acceptors (Lipinski definition) is 4. The van der Waals surface area contributed by atoms with Crippen LogP contribution in [0.25, 0.3) is 0 Å². The van der Waals surface area contributed by atoms with Crippen molar-refractivity contribution in [2.24, 2.45) is 0 Å². The van der Waals surface area contributed by atoms with E-state index in [9.17, 15) is 0 Å². The number of nitrogens with one attached hydrogen (secondary N) is 1. The minimum absolute atomic E-state index is 0.182. The van der Waals surface area contributed by atoms with Crippen molar-refractivity contribution in [1.29, 1.82) is 0 Å². The van der Waals surface area contributed by atoms with Crippen LogP contribution in [0.15, 0.2) is 24.3 Å². The van der Waals surface area contributed by atoms with Crippen molar-refractivity contribution in [3.63, 3.8) is 0 Å². The van der Waals surface area contributed by atoms with Crippen molar-refractivity contribution in [3.8, 4) is 0 Å². The van der Waals surface area contributed by atoms with Crippen LogP contribution in [0, 0.1) is 0 Å². The zero-order valence-corrected chi connectivity index (χ0v) is 12.1. The second-order valence-corrected chi connectivity index (χ2v) is 5.04. The van der Waals surface area contributed by atoms with Gasteiger partial charge in [0.2, 0.25) is 0 Å². The molecule has 1 N–H and O–H groups in total. The average molecular weight is 264 g/mol. The molecule has 2 unspecified atom stereocenters. The lowest BCUT2D eigenvalue weighted by Gasteiger charge is -2.17. The average Bonchev–Trinajstić information content (AvgIpc) is 2.83. The molecule has 19 heavy (non-hydrogen) atoms. The van der Waals surface area contributed by atoms with E-state index in [4.69, 9.17) is 9.47 Å². The molecule has 1 fully saturated rings. The summed E-state index contributed by atoms with van der Waals surface area (Å²) in [5, 5.41) is 3.22. The van der Waals surface area contributed by atoms with Gasteiger partial charge in [0.25, 0.3) is 0 Å². The third-order valence-corrected chi connectivity index (χ3v) is 3.78. The van der Waals surface area contributed by atoms with Gasteiger partial charge in [-0.1, -0.05) is 24.3 Å². The molecule has 106 valence electrons. The summed E-state index contributed by atoms with van der Waals surface area (Å²) in [6.45, 7) is 3.73. The molecular formula is C15H24N2O2. The topological polar surface area (TPSA) is 33.7 Å². The minimum atomic E-state index is 0.182. The second kappa shape index (κ2) is 7.01. The molecule has 0 bridgehead atoms. The van der Waals surface area contributed by atoms with Gasteiger partial charge in [-0.2, -0.15) is 0 Å². The Bertz CT molecular complexity index is 385. The standard InChI is InChI=1S/C15H24N2O2/c1-16-8-12-6-4-5-7-13(12)9-17-10-14(18-2)15(11-17)19-3/h4-7,14-16H,8-11H2,1-3H3. The van der Waals surface area contributed by atoms with E-state index in [0.29, 0.717) is 0 Å². The Morgan fingerprint density at radius 1 is 1.11 bits per heavy atom. The Labute approximate surface area is 115 Å². The van der Waals surface area contributed by atoms with Crippen LogP contribution in [0.2, 0.25) is 0 Å². The fraction of sp³-hybridized carbons (Fsp3) is 0.600. The fourth-order valence-electron chi connectivity index (χ4n) is 2.72. The molecule has 0 amide bonds. The Kier molecular flexibility index (Phi) is 5.34. The van der Waals surface area contributed by atoms with Crippen LogP contribution in [-0.2, 0) is 22.6 Å². The molecule has 1 heterocycles. The number of rotatable bonds is 6. The summed E-state index contributed by atoms with van der Waals surface area (Å²) >= 11 is 0. The molecule has 1 aromatic rings. The van der Waals surface area contributed by atoms with E-state index in [-0.39, 0.29) is 12.2 Å². The highest BCUT2D eigenvalue weighted by Gasteiger charge is 2.32. The highest BCUT2D eigenvalue weighted by molar-refractivity contribution is 5.27. The molecule has 1 aromatic carbocycles. The van der Waals surface area contributed by atoms with Gasteiger partial charge in [0, 0.05) is 40.4 Å². The number of hydrogen-bond donors (Lipinski definition) is 1. The first-order valence-corrected chi connectivity index (χ1v) is 6.77. The first kappa shape index (κ1) is 14.5. The number of methoxy groups -OCH3 is 2. The zero-order valence-electron chi connectivity index (χ0n) is 12.1. The van der Waals surface area contributed by atoms with Crippen molar-refractivity contribution < 1.29 is 9.47 Å². The van der Waals surface area contributed by atoms with Crippen molar-refractivity contribution >= 4 is 0 Å². The Hall–Kier alpha value is -0.940. The number of likely N-dealkylation sites (tertiary alicyclic amines) is 1. The maximum atomic E-state index is 5.48. The smallest absolute Gasteiger partial charge is 0.0971 e. The number of ether oxygens (including phenoxy) is 2. The zero-order chi connectivity index (χ0) is 13.7. The van der Waals surface area contributed by atoms with E-state index in [1.807, 2.05) is 7.05 Å². The Morgan fingerprint density at radius 2 is 1.68 bits per heavy atom. The van der Waals surface area contributed by atoms with Gasteiger partial charge in [0.1, 0.15) is 0 Å². The predicted molar refractivity (Wildman–Crippen MR) is 76.1 cm³/mol. The summed E-state index contributed by atoms with van der Waals surface area (Å²) in [4.78, 5) is 2.40. The van der Waals surface area contributed by atoms with Gasteiger partial charge in [-0.25, -0.2) is 0 Å². The van der Waals surface area contributed by atoms with Crippen LogP contribution in [0.1, 0.15) is 11.1 Å². The lowest BCUT2D eigenvalue weighted by molar-refractivity contribution is -0.00461. The SMILES string of the molecule is CNCc1ccccc1CN1CC(OC)C(OC)C1. The molecule has 1 saturated heterocycles. The molecule has 1 aliphatic heterocycles. The van der Waals surface area contributed by atoms with Gasteiger partial charge >= 0.3 is 0 Å². The Morgan fingerprint density at radius 3 is 2.21 bits per heavy atom. The maximum Gasteiger partial charge on any atom is 0.0971 e. The lowest BCUT2D eigenvalue weighted by atomic mass is 10.1. The second-order valence-electron chi connectivity index (χ2n) is 5.04. The quantitative estimate of drug-likeness (QED) is 0.838. The third kappa shape index (κ3) is 3.54. The summed E-state index contributed by atoms with van der Waals surface area (Å²) < 4.78 is 11.0. The number of benzene rings is 1. The summed E-state index contributed by atoms with van der Waals surface area (Å²) in [7, 11) is 5.50. The fourth-order valence-corrected chi connectivity index (χ4v) is 2.72. The van der Waals surface area contributed by atoms with Gasteiger partial charge < -0.3 is 14.8 Å². The molecular weight excluding hydrogens is 240 g/mol. The van der Waals surface area contributed by atoms with E-state index < -0.39 is 0 Å². The summed E-state index contributed by atoms with van der Waals surface area (Å²) in [5.74, 6) is 0. The highest BCUT2D eigenvalue weighted by Crippen LogP contribution is 2.19. The molecule has 2 rings (SSSR count). The molecule has 0 spiro atoms.